The molecule has 100 valence electrons. The lowest BCUT2D eigenvalue weighted by atomic mass is 9.67. The van der Waals surface area contributed by atoms with Crippen LogP contribution in [0.25, 0.3) is 0 Å². The van der Waals surface area contributed by atoms with Crippen molar-refractivity contribution in [2.24, 2.45) is 11.3 Å². The number of likely N-dealkylation sites (tertiary alicyclic amines) is 1. The van der Waals surface area contributed by atoms with Gasteiger partial charge in [-0.1, -0.05) is 13.3 Å². The van der Waals surface area contributed by atoms with Crippen molar-refractivity contribution in [2.75, 3.05) is 26.7 Å². The van der Waals surface area contributed by atoms with Crippen molar-refractivity contribution in [2.45, 2.75) is 58.4 Å². The molecule has 1 heterocycles. The van der Waals surface area contributed by atoms with Gasteiger partial charge in [0, 0.05) is 19.1 Å². The highest BCUT2D eigenvalue weighted by atomic mass is 15.1. The van der Waals surface area contributed by atoms with Gasteiger partial charge in [-0.25, -0.2) is 0 Å². The summed E-state index contributed by atoms with van der Waals surface area (Å²) >= 11 is 0. The van der Waals surface area contributed by atoms with Crippen molar-refractivity contribution in [1.29, 1.82) is 0 Å². The van der Waals surface area contributed by atoms with Crippen LogP contribution >= 0.6 is 0 Å². The fraction of sp³-hybridized carbons (Fsp3) is 1.00. The number of hydrogen-bond donors (Lipinski definition) is 1. The third-order valence-electron chi connectivity index (χ3n) is 5.33. The molecule has 1 saturated carbocycles. The van der Waals surface area contributed by atoms with Crippen molar-refractivity contribution in [3.8, 4) is 0 Å². The third-order valence-corrected chi connectivity index (χ3v) is 5.33. The summed E-state index contributed by atoms with van der Waals surface area (Å²) in [4.78, 5) is 2.49. The molecule has 1 aliphatic heterocycles. The van der Waals surface area contributed by atoms with Crippen molar-refractivity contribution in [1.82, 2.24) is 10.2 Å². The van der Waals surface area contributed by atoms with Gasteiger partial charge in [0.2, 0.25) is 0 Å². The second-order valence-electron chi connectivity index (χ2n) is 6.54. The molecule has 17 heavy (non-hydrogen) atoms. The highest BCUT2D eigenvalue weighted by molar-refractivity contribution is 4.90. The van der Waals surface area contributed by atoms with E-state index in [1.807, 2.05) is 0 Å². The van der Waals surface area contributed by atoms with E-state index in [9.17, 15) is 0 Å². The van der Waals surface area contributed by atoms with Crippen LogP contribution in [0.5, 0.6) is 0 Å². The Hall–Kier alpha value is -0.0800. The fourth-order valence-electron chi connectivity index (χ4n) is 3.49. The van der Waals surface area contributed by atoms with Crippen LogP contribution < -0.4 is 5.32 Å². The fourth-order valence-corrected chi connectivity index (χ4v) is 3.49. The molecule has 2 atom stereocenters. The highest BCUT2D eigenvalue weighted by Gasteiger charge is 2.35. The Morgan fingerprint density at radius 3 is 2.65 bits per heavy atom. The Balaban J connectivity index is 1.74. The second-order valence-corrected chi connectivity index (χ2v) is 6.54. The Morgan fingerprint density at radius 1 is 1.35 bits per heavy atom. The molecule has 2 unspecified atom stereocenters. The molecule has 1 N–H and O–H groups in total. The van der Waals surface area contributed by atoms with E-state index in [1.54, 1.807) is 0 Å². The van der Waals surface area contributed by atoms with E-state index in [-0.39, 0.29) is 0 Å². The van der Waals surface area contributed by atoms with Gasteiger partial charge in [0.05, 0.1) is 0 Å². The molecule has 2 nitrogen and oxygen atoms in total. The first-order valence-electron chi connectivity index (χ1n) is 7.57. The quantitative estimate of drug-likeness (QED) is 0.792. The van der Waals surface area contributed by atoms with Crippen LogP contribution in [0.4, 0.5) is 0 Å². The van der Waals surface area contributed by atoms with Crippen molar-refractivity contribution >= 4 is 0 Å². The molecular weight excluding hydrogens is 208 g/mol. The molecule has 1 aliphatic carbocycles. The number of rotatable bonds is 5. The highest BCUT2D eigenvalue weighted by Crippen LogP contribution is 2.43. The zero-order valence-corrected chi connectivity index (χ0v) is 12.0. The molecule has 0 spiro atoms. The third kappa shape index (κ3) is 3.23. The van der Waals surface area contributed by atoms with E-state index in [4.69, 9.17) is 0 Å². The minimum atomic E-state index is 0.662. The van der Waals surface area contributed by atoms with Crippen LogP contribution in [0.15, 0.2) is 0 Å². The standard InChI is InChI=1S/C15H30N2/c1-4-15(8-6-9-15)12-16-13(2)14-7-5-10-17(3)11-14/h13-14,16H,4-12H2,1-3H3. The van der Waals surface area contributed by atoms with Crippen LogP contribution in [0, 0.1) is 11.3 Å². The van der Waals surface area contributed by atoms with Crippen molar-refractivity contribution in [3.05, 3.63) is 0 Å². The van der Waals surface area contributed by atoms with Crippen LogP contribution in [-0.4, -0.2) is 37.6 Å². The van der Waals surface area contributed by atoms with Gasteiger partial charge in [-0.3, -0.25) is 0 Å². The number of nitrogens with zero attached hydrogens (tertiary/aromatic N) is 1. The smallest absolute Gasteiger partial charge is 0.00794 e. The second kappa shape index (κ2) is 5.71. The average Bonchev–Trinajstić information content (AvgIpc) is 2.28. The normalized spacial score (nSPS) is 30.9. The molecule has 0 amide bonds. The van der Waals surface area contributed by atoms with Gasteiger partial charge in [-0.2, -0.15) is 0 Å². The van der Waals surface area contributed by atoms with Gasteiger partial charge in [-0.05, 0) is 64.0 Å². The van der Waals surface area contributed by atoms with Gasteiger partial charge in [0.25, 0.3) is 0 Å². The van der Waals surface area contributed by atoms with E-state index in [2.05, 4.69) is 31.1 Å². The number of piperidine rings is 1. The lowest BCUT2D eigenvalue weighted by Gasteiger charge is -2.43. The van der Waals surface area contributed by atoms with E-state index in [1.165, 1.54) is 58.2 Å². The van der Waals surface area contributed by atoms with Gasteiger partial charge in [0.15, 0.2) is 0 Å². The summed E-state index contributed by atoms with van der Waals surface area (Å²) in [5.41, 5.74) is 0.662. The topological polar surface area (TPSA) is 15.3 Å². The summed E-state index contributed by atoms with van der Waals surface area (Å²) in [6.07, 6.45) is 8.51. The minimum Gasteiger partial charge on any atom is -0.313 e. The first kappa shape index (κ1) is 13.4. The SMILES string of the molecule is CCC1(CNC(C)C2CCCN(C)C2)CCC1. The molecule has 0 radical (unpaired) electrons. The average molecular weight is 238 g/mol. The Kier molecular flexibility index (Phi) is 4.48. The summed E-state index contributed by atoms with van der Waals surface area (Å²) in [6.45, 7) is 8.59. The van der Waals surface area contributed by atoms with Gasteiger partial charge in [-0.15, -0.1) is 0 Å². The number of nitrogens with one attached hydrogen (secondary N) is 1. The van der Waals surface area contributed by atoms with Crippen LogP contribution in [0.3, 0.4) is 0 Å². The monoisotopic (exact) mass is 238 g/mol. The largest absolute Gasteiger partial charge is 0.313 e. The first-order chi connectivity index (χ1) is 8.15. The van der Waals surface area contributed by atoms with E-state index < -0.39 is 0 Å². The van der Waals surface area contributed by atoms with Crippen LogP contribution in [0.2, 0.25) is 0 Å². The van der Waals surface area contributed by atoms with Gasteiger partial charge >= 0.3 is 0 Å². The van der Waals surface area contributed by atoms with Crippen LogP contribution in [0.1, 0.15) is 52.4 Å². The van der Waals surface area contributed by atoms with E-state index in [0.29, 0.717) is 11.5 Å². The lowest BCUT2D eigenvalue weighted by Crippen LogP contribution is -2.48. The number of hydrogen-bond acceptors (Lipinski definition) is 2. The van der Waals surface area contributed by atoms with Gasteiger partial charge < -0.3 is 10.2 Å². The zero-order chi connectivity index (χ0) is 12.3. The van der Waals surface area contributed by atoms with E-state index in [0.717, 1.165) is 5.92 Å². The van der Waals surface area contributed by atoms with Gasteiger partial charge in [0.1, 0.15) is 0 Å². The Labute approximate surface area is 107 Å². The zero-order valence-electron chi connectivity index (χ0n) is 12.0. The molecule has 2 heteroatoms. The molecule has 2 aliphatic rings. The maximum Gasteiger partial charge on any atom is 0.00794 e. The van der Waals surface area contributed by atoms with Crippen molar-refractivity contribution < 1.29 is 0 Å². The maximum absolute atomic E-state index is 3.84. The summed E-state index contributed by atoms with van der Waals surface area (Å²) < 4.78 is 0. The molecule has 1 saturated heterocycles. The first-order valence-corrected chi connectivity index (χ1v) is 7.57. The van der Waals surface area contributed by atoms with E-state index >= 15 is 0 Å². The lowest BCUT2D eigenvalue weighted by molar-refractivity contribution is 0.106. The molecule has 0 aromatic carbocycles. The molecule has 2 fully saturated rings. The predicted octanol–water partition coefficient (Wildman–Crippen LogP) is 2.89. The van der Waals surface area contributed by atoms with Crippen molar-refractivity contribution in [3.63, 3.8) is 0 Å². The minimum absolute atomic E-state index is 0.662. The summed E-state index contributed by atoms with van der Waals surface area (Å²) in [5, 5.41) is 3.84. The maximum atomic E-state index is 3.84. The molecular formula is C15H30N2. The molecule has 0 aromatic heterocycles. The van der Waals surface area contributed by atoms with Crippen LogP contribution in [-0.2, 0) is 0 Å². The summed E-state index contributed by atoms with van der Waals surface area (Å²) in [7, 11) is 2.26. The predicted molar refractivity (Wildman–Crippen MR) is 74.3 cm³/mol. The molecule has 2 rings (SSSR count). The Bertz CT molecular complexity index is 230. The molecule has 0 aromatic rings. The Morgan fingerprint density at radius 2 is 2.12 bits per heavy atom. The molecule has 0 bridgehead atoms. The summed E-state index contributed by atoms with van der Waals surface area (Å²) in [5.74, 6) is 0.864. The summed E-state index contributed by atoms with van der Waals surface area (Å²) in [6, 6.07) is 0.696.